The lowest BCUT2D eigenvalue weighted by molar-refractivity contribution is -0.121. The quantitative estimate of drug-likeness (QED) is 0.733. The van der Waals surface area contributed by atoms with Crippen LogP contribution in [0, 0.1) is 6.92 Å². The van der Waals surface area contributed by atoms with E-state index in [1.54, 1.807) is 18.2 Å². The molecule has 0 aliphatic carbocycles. The highest BCUT2D eigenvalue weighted by molar-refractivity contribution is 9.10. The van der Waals surface area contributed by atoms with Gasteiger partial charge in [0.25, 0.3) is 5.91 Å². The van der Waals surface area contributed by atoms with Gasteiger partial charge in [0.2, 0.25) is 5.91 Å². The van der Waals surface area contributed by atoms with Gasteiger partial charge in [-0.15, -0.1) is 0 Å². The molecule has 140 valence electrons. The number of carbonyl (C=O) groups is 3. The molecule has 2 aromatic carbocycles. The fraction of sp³-hybridized carbons (Fsp3) is 0.250. The molecule has 6 nitrogen and oxygen atoms in total. The van der Waals surface area contributed by atoms with Crippen LogP contribution in [0.3, 0.4) is 0 Å². The molecule has 3 rings (SSSR count). The van der Waals surface area contributed by atoms with Crippen molar-refractivity contribution in [1.82, 2.24) is 0 Å². The minimum absolute atomic E-state index is 0.0858. The first-order valence-electron chi connectivity index (χ1n) is 8.49. The van der Waals surface area contributed by atoms with Crippen molar-refractivity contribution >= 4 is 44.9 Å². The number of Topliss-reactive ketones (excluding diaryl/α,β-unsaturated/α-hetero) is 1. The Kier molecular flexibility index (Phi) is 5.60. The van der Waals surface area contributed by atoms with Gasteiger partial charge in [-0.1, -0.05) is 6.07 Å². The van der Waals surface area contributed by atoms with E-state index in [9.17, 15) is 14.4 Å². The number of ether oxygens (including phenoxy) is 1. The molecule has 0 radical (unpaired) electrons. The molecule has 0 aromatic heterocycles. The summed E-state index contributed by atoms with van der Waals surface area (Å²) in [6, 6.07) is 10.6. The van der Waals surface area contributed by atoms with E-state index in [0.29, 0.717) is 22.7 Å². The lowest BCUT2D eigenvalue weighted by atomic mass is 10.1. The van der Waals surface area contributed by atoms with Gasteiger partial charge in [0.05, 0.1) is 11.4 Å². The fourth-order valence-electron chi connectivity index (χ4n) is 2.81. The average Bonchev–Trinajstić information content (AvgIpc) is 2.62. The average molecular weight is 431 g/mol. The summed E-state index contributed by atoms with van der Waals surface area (Å²) in [6.45, 7) is 3.54. The first kappa shape index (κ1) is 19.1. The zero-order valence-electron chi connectivity index (χ0n) is 15.0. The predicted molar refractivity (Wildman–Crippen MR) is 106 cm³/mol. The van der Waals surface area contributed by atoms with E-state index in [-0.39, 0.29) is 37.2 Å². The lowest BCUT2D eigenvalue weighted by Gasteiger charge is -2.29. The molecule has 1 heterocycles. The number of ketones is 1. The van der Waals surface area contributed by atoms with E-state index in [4.69, 9.17) is 4.74 Å². The van der Waals surface area contributed by atoms with Crippen LogP contribution in [0.25, 0.3) is 0 Å². The Hall–Kier alpha value is -2.67. The summed E-state index contributed by atoms with van der Waals surface area (Å²) in [5.74, 6) is -0.0188. The highest BCUT2D eigenvalue weighted by atomic mass is 79.9. The van der Waals surface area contributed by atoms with Crippen LogP contribution in [0.1, 0.15) is 29.3 Å². The number of carbonyl (C=O) groups excluding carboxylic acids is 3. The maximum atomic E-state index is 12.3. The van der Waals surface area contributed by atoms with Gasteiger partial charge >= 0.3 is 0 Å². The monoisotopic (exact) mass is 430 g/mol. The minimum Gasteiger partial charge on any atom is -0.482 e. The Labute approximate surface area is 165 Å². The molecular formula is C20H19BrN2O4. The molecule has 1 aliphatic heterocycles. The summed E-state index contributed by atoms with van der Waals surface area (Å²) < 4.78 is 6.22. The van der Waals surface area contributed by atoms with Crippen molar-refractivity contribution in [2.45, 2.75) is 20.3 Å². The fourth-order valence-corrected chi connectivity index (χ4v) is 3.41. The molecule has 27 heavy (non-hydrogen) atoms. The second kappa shape index (κ2) is 7.92. The van der Waals surface area contributed by atoms with E-state index < -0.39 is 0 Å². The van der Waals surface area contributed by atoms with Gasteiger partial charge in [0.1, 0.15) is 5.75 Å². The summed E-state index contributed by atoms with van der Waals surface area (Å²) >= 11 is 3.43. The molecule has 2 amide bonds. The molecule has 0 atom stereocenters. The molecular weight excluding hydrogens is 412 g/mol. The Balaban J connectivity index is 1.72. The molecule has 2 aromatic rings. The Morgan fingerprint density at radius 3 is 2.70 bits per heavy atom. The number of benzene rings is 2. The summed E-state index contributed by atoms with van der Waals surface area (Å²) in [6.07, 6.45) is 0.121. The standard InChI is InChI=1S/C20H19BrN2O4/c1-12-3-5-16(15(21)9-12)22-19(25)7-8-23-17-10-14(13(2)24)4-6-18(17)27-11-20(23)26/h3-6,9-10H,7-8,11H2,1-2H3,(H,22,25). The Morgan fingerprint density at radius 2 is 2.00 bits per heavy atom. The van der Waals surface area contributed by atoms with Crippen LogP contribution in [0.15, 0.2) is 40.9 Å². The van der Waals surface area contributed by atoms with Gasteiger partial charge in [-0.2, -0.15) is 0 Å². The van der Waals surface area contributed by atoms with Gasteiger partial charge in [0, 0.05) is 23.0 Å². The molecule has 0 fully saturated rings. The predicted octanol–water partition coefficient (Wildman–Crippen LogP) is 3.71. The second-order valence-electron chi connectivity index (χ2n) is 6.35. The van der Waals surface area contributed by atoms with Gasteiger partial charge in [0.15, 0.2) is 12.4 Å². The number of nitrogens with one attached hydrogen (secondary N) is 1. The summed E-state index contributed by atoms with van der Waals surface area (Å²) in [7, 11) is 0. The topological polar surface area (TPSA) is 75.7 Å². The zero-order chi connectivity index (χ0) is 19.6. The van der Waals surface area contributed by atoms with Crippen molar-refractivity contribution in [2.24, 2.45) is 0 Å². The third-order valence-electron chi connectivity index (χ3n) is 4.27. The van der Waals surface area contributed by atoms with E-state index in [2.05, 4.69) is 21.2 Å². The van der Waals surface area contributed by atoms with Gasteiger partial charge in [-0.25, -0.2) is 0 Å². The third kappa shape index (κ3) is 4.36. The third-order valence-corrected chi connectivity index (χ3v) is 4.93. The molecule has 0 saturated carbocycles. The molecule has 0 saturated heterocycles. The van der Waals surface area contributed by atoms with Gasteiger partial charge in [-0.05, 0) is 65.7 Å². The number of fused-ring (bicyclic) bond motifs is 1. The Morgan fingerprint density at radius 1 is 1.22 bits per heavy atom. The number of anilines is 2. The number of aryl methyl sites for hydroxylation is 1. The SMILES string of the molecule is CC(=O)c1ccc2c(c1)N(CCC(=O)Nc1ccc(C)cc1Br)C(=O)CO2. The van der Waals surface area contributed by atoms with Gasteiger partial charge < -0.3 is 15.0 Å². The molecule has 0 unspecified atom stereocenters. The second-order valence-corrected chi connectivity index (χ2v) is 7.21. The maximum absolute atomic E-state index is 12.3. The summed E-state index contributed by atoms with van der Waals surface area (Å²) in [5.41, 5.74) is 2.77. The molecule has 1 N–H and O–H groups in total. The van der Waals surface area contributed by atoms with Crippen LogP contribution in [-0.2, 0) is 9.59 Å². The zero-order valence-corrected chi connectivity index (χ0v) is 16.6. The highest BCUT2D eigenvalue weighted by Gasteiger charge is 2.26. The number of rotatable bonds is 5. The van der Waals surface area contributed by atoms with Crippen molar-refractivity contribution in [2.75, 3.05) is 23.4 Å². The lowest BCUT2D eigenvalue weighted by Crippen LogP contribution is -2.40. The first-order valence-corrected chi connectivity index (χ1v) is 9.28. The van der Waals surface area contributed by atoms with E-state index in [1.807, 2.05) is 25.1 Å². The van der Waals surface area contributed by atoms with E-state index >= 15 is 0 Å². The molecule has 0 spiro atoms. The van der Waals surface area contributed by atoms with Crippen LogP contribution in [0.2, 0.25) is 0 Å². The Bertz CT molecular complexity index is 926. The van der Waals surface area contributed by atoms with Crippen LogP contribution in [0.4, 0.5) is 11.4 Å². The van der Waals surface area contributed by atoms with Crippen molar-refractivity contribution in [3.05, 3.63) is 52.0 Å². The van der Waals surface area contributed by atoms with Gasteiger partial charge in [-0.3, -0.25) is 14.4 Å². The van der Waals surface area contributed by atoms with E-state index in [1.165, 1.54) is 11.8 Å². The van der Waals surface area contributed by atoms with Crippen LogP contribution in [-0.4, -0.2) is 30.7 Å². The smallest absolute Gasteiger partial charge is 0.265 e. The van der Waals surface area contributed by atoms with E-state index in [0.717, 1.165) is 10.0 Å². The largest absolute Gasteiger partial charge is 0.482 e. The molecule has 7 heteroatoms. The first-order chi connectivity index (χ1) is 12.8. The van der Waals surface area contributed by atoms with Crippen LogP contribution in [0.5, 0.6) is 5.75 Å². The number of halogens is 1. The van der Waals surface area contributed by atoms with Crippen LogP contribution >= 0.6 is 15.9 Å². The molecule has 1 aliphatic rings. The van der Waals surface area contributed by atoms with Crippen LogP contribution < -0.4 is 15.0 Å². The normalized spacial score (nSPS) is 13.0. The number of amides is 2. The summed E-state index contributed by atoms with van der Waals surface area (Å²) in [5, 5.41) is 2.84. The van der Waals surface area contributed by atoms with Crippen molar-refractivity contribution in [3.8, 4) is 5.75 Å². The summed E-state index contributed by atoms with van der Waals surface area (Å²) in [4.78, 5) is 37.7. The maximum Gasteiger partial charge on any atom is 0.265 e. The van der Waals surface area contributed by atoms with Crippen molar-refractivity contribution in [1.29, 1.82) is 0 Å². The number of nitrogens with zero attached hydrogens (tertiary/aromatic N) is 1. The molecule has 0 bridgehead atoms. The minimum atomic E-state index is -0.243. The number of hydrogen-bond acceptors (Lipinski definition) is 4. The van der Waals surface area contributed by atoms with Crippen molar-refractivity contribution < 1.29 is 19.1 Å². The number of hydrogen-bond donors (Lipinski definition) is 1. The highest BCUT2D eigenvalue weighted by Crippen LogP contribution is 2.33. The van der Waals surface area contributed by atoms with Crippen molar-refractivity contribution in [3.63, 3.8) is 0 Å².